The molecule has 1 fully saturated rings. The van der Waals surface area contributed by atoms with E-state index in [2.05, 4.69) is 37.4 Å². The van der Waals surface area contributed by atoms with Crippen LogP contribution in [0.1, 0.15) is 34.3 Å². The third-order valence-corrected chi connectivity index (χ3v) is 4.92. The summed E-state index contributed by atoms with van der Waals surface area (Å²) in [4.78, 5) is 14.8. The van der Waals surface area contributed by atoms with Gasteiger partial charge in [-0.1, -0.05) is 18.2 Å². The number of hydrogen-bond acceptors (Lipinski definition) is 3. The Hall–Kier alpha value is -2.49. The Balaban J connectivity index is 1.70. The molecular weight excluding hydrogens is 312 g/mol. The fourth-order valence-corrected chi connectivity index (χ4v) is 3.34. The van der Waals surface area contributed by atoms with E-state index in [1.54, 1.807) is 7.11 Å². The van der Waals surface area contributed by atoms with Crippen LogP contribution in [0.3, 0.4) is 0 Å². The van der Waals surface area contributed by atoms with E-state index in [0.29, 0.717) is 17.9 Å². The number of benzene rings is 2. The molecule has 0 saturated carbocycles. The summed E-state index contributed by atoms with van der Waals surface area (Å²) >= 11 is 0. The van der Waals surface area contributed by atoms with Crippen molar-refractivity contribution in [2.45, 2.75) is 32.7 Å². The monoisotopic (exact) mass is 338 g/mol. The van der Waals surface area contributed by atoms with Gasteiger partial charge in [0.25, 0.3) is 5.91 Å². The summed E-state index contributed by atoms with van der Waals surface area (Å²) in [5.74, 6) is 0.681. The highest BCUT2D eigenvalue weighted by atomic mass is 16.5. The molecule has 1 aliphatic rings. The molecule has 1 N–H and O–H groups in total. The maximum atomic E-state index is 12.9. The molecule has 2 aromatic rings. The fraction of sp³-hybridized carbons (Fsp3) is 0.381. The summed E-state index contributed by atoms with van der Waals surface area (Å²) in [7, 11) is 1.60. The fourth-order valence-electron chi connectivity index (χ4n) is 3.34. The Kier molecular flexibility index (Phi) is 5.27. The lowest BCUT2D eigenvalue weighted by Crippen LogP contribution is -2.45. The van der Waals surface area contributed by atoms with Crippen LogP contribution in [0.25, 0.3) is 0 Å². The number of likely N-dealkylation sites (tertiary alicyclic amines) is 1. The normalized spacial score (nSPS) is 17.2. The van der Waals surface area contributed by atoms with Gasteiger partial charge >= 0.3 is 0 Å². The van der Waals surface area contributed by atoms with Gasteiger partial charge in [-0.05, 0) is 62.1 Å². The number of carbonyl (C=O) groups excluding carboxylic acids is 1. The number of nitrogens with zero attached hydrogens (tertiary/aromatic N) is 1. The molecule has 1 unspecified atom stereocenters. The van der Waals surface area contributed by atoms with Gasteiger partial charge < -0.3 is 15.0 Å². The maximum absolute atomic E-state index is 12.9. The van der Waals surface area contributed by atoms with Gasteiger partial charge in [-0.3, -0.25) is 4.79 Å². The first-order valence-electron chi connectivity index (χ1n) is 8.84. The van der Waals surface area contributed by atoms with Crippen LogP contribution in [-0.4, -0.2) is 37.0 Å². The number of aryl methyl sites for hydroxylation is 2. The molecule has 0 radical (unpaired) electrons. The minimum atomic E-state index is 0.0454. The first-order valence-corrected chi connectivity index (χ1v) is 8.84. The van der Waals surface area contributed by atoms with Crippen LogP contribution in [0.15, 0.2) is 42.5 Å². The maximum Gasteiger partial charge on any atom is 0.257 e. The topological polar surface area (TPSA) is 41.6 Å². The third-order valence-electron chi connectivity index (χ3n) is 4.92. The van der Waals surface area contributed by atoms with E-state index >= 15 is 0 Å². The van der Waals surface area contributed by atoms with Gasteiger partial charge in [0.05, 0.1) is 12.7 Å². The number of hydrogen-bond donors (Lipinski definition) is 1. The number of piperidine rings is 1. The quantitative estimate of drug-likeness (QED) is 0.915. The van der Waals surface area contributed by atoms with Gasteiger partial charge in [-0.15, -0.1) is 0 Å². The molecule has 3 rings (SSSR count). The van der Waals surface area contributed by atoms with E-state index in [-0.39, 0.29) is 11.9 Å². The molecule has 0 aliphatic carbocycles. The first-order chi connectivity index (χ1) is 12.1. The minimum absolute atomic E-state index is 0.0454. The van der Waals surface area contributed by atoms with Crippen molar-refractivity contribution in [1.29, 1.82) is 0 Å². The number of nitrogens with one attached hydrogen (secondary N) is 1. The van der Waals surface area contributed by atoms with Crippen molar-refractivity contribution in [2.24, 2.45) is 0 Å². The largest absolute Gasteiger partial charge is 0.496 e. The van der Waals surface area contributed by atoms with Gasteiger partial charge in [0.1, 0.15) is 5.75 Å². The van der Waals surface area contributed by atoms with Gasteiger partial charge in [-0.2, -0.15) is 0 Å². The highest BCUT2D eigenvalue weighted by Gasteiger charge is 2.26. The molecule has 4 heteroatoms. The molecule has 1 heterocycles. The van der Waals surface area contributed by atoms with Crippen molar-refractivity contribution in [3.05, 3.63) is 59.2 Å². The van der Waals surface area contributed by atoms with Crippen molar-refractivity contribution in [1.82, 2.24) is 4.90 Å². The van der Waals surface area contributed by atoms with E-state index in [1.807, 2.05) is 29.2 Å². The molecule has 1 aliphatic heterocycles. The van der Waals surface area contributed by atoms with Crippen LogP contribution in [0.2, 0.25) is 0 Å². The second kappa shape index (κ2) is 7.60. The van der Waals surface area contributed by atoms with Crippen LogP contribution in [0.4, 0.5) is 5.69 Å². The molecule has 0 spiro atoms. The van der Waals surface area contributed by atoms with Crippen molar-refractivity contribution >= 4 is 11.6 Å². The van der Waals surface area contributed by atoms with E-state index in [0.717, 1.165) is 25.1 Å². The van der Waals surface area contributed by atoms with E-state index < -0.39 is 0 Å². The summed E-state index contributed by atoms with van der Waals surface area (Å²) < 4.78 is 5.34. The van der Waals surface area contributed by atoms with Crippen LogP contribution in [0, 0.1) is 13.8 Å². The van der Waals surface area contributed by atoms with Gasteiger partial charge in [0.15, 0.2) is 0 Å². The number of amides is 1. The lowest BCUT2D eigenvalue weighted by Gasteiger charge is -2.34. The van der Waals surface area contributed by atoms with Crippen molar-refractivity contribution in [2.75, 3.05) is 25.5 Å². The van der Waals surface area contributed by atoms with Crippen LogP contribution < -0.4 is 10.1 Å². The number of carbonyl (C=O) groups is 1. The predicted molar refractivity (Wildman–Crippen MR) is 101 cm³/mol. The highest BCUT2D eigenvalue weighted by molar-refractivity contribution is 5.97. The number of anilines is 1. The zero-order valence-electron chi connectivity index (χ0n) is 15.2. The van der Waals surface area contributed by atoms with Gasteiger partial charge in [0, 0.05) is 24.8 Å². The number of para-hydroxylation sites is 1. The molecule has 132 valence electrons. The van der Waals surface area contributed by atoms with E-state index in [9.17, 15) is 4.79 Å². The molecule has 4 nitrogen and oxygen atoms in total. The average Bonchev–Trinajstić information content (AvgIpc) is 2.64. The van der Waals surface area contributed by atoms with Crippen LogP contribution in [-0.2, 0) is 0 Å². The van der Waals surface area contributed by atoms with E-state index in [1.165, 1.54) is 11.1 Å². The molecule has 1 amide bonds. The Morgan fingerprint density at radius 3 is 2.72 bits per heavy atom. The predicted octanol–water partition coefficient (Wildman–Crippen LogP) is 4.03. The van der Waals surface area contributed by atoms with Crippen LogP contribution in [0.5, 0.6) is 5.75 Å². The SMILES string of the molecule is COc1ccccc1C(=O)N1CCCC(Nc2ccc(C)c(C)c2)C1. The van der Waals surface area contributed by atoms with Crippen LogP contribution >= 0.6 is 0 Å². The molecule has 1 atom stereocenters. The Bertz CT molecular complexity index is 757. The van der Waals surface area contributed by atoms with Crippen molar-refractivity contribution in [3.8, 4) is 5.75 Å². The van der Waals surface area contributed by atoms with Gasteiger partial charge in [-0.25, -0.2) is 0 Å². The minimum Gasteiger partial charge on any atom is -0.496 e. The van der Waals surface area contributed by atoms with Crippen molar-refractivity contribution < 1.29 is 9.53 Å². The molecule has 1 saturated heterocycles. The molecular formula is C21H26N2O2. The lowest BCUT2D eigenvalue weighted by molar-refractivity contribution is 0.0711. The molecule has 0 bridgehead atoms. The summed E-state index contributed by atoms with van der Waals surface area (Å²) in [5.41, 5.74) is 4.33. The molecule has 0 aromatic heterocycles. The van der Waals surface area contributed by atoms with Crippen molar-refractivity contribution in [3.63, 3.8) is 0 Å². The Labute approximate surface area is 149 Å². The third kappa shape index (κ3) is 3.95. The Morgan fingerprint density at radius 2 is 1.96 bits per heavy atom. The zero-order chi connectivity index (χ0) is 17.8. The summed E-state index contributed by atoms with van der Waals surface area (Å²) in [6.45, 7) is 5.75. The zero-order valence-corrected chi connectivity index (χ0v) is 15.2. The number of ether oxygens (including phenoxy) is 1. The first kappa shape index (κ1) is 17.3. The standard InChI is InChI=1S/C21H26N2O2/c1-15-10-11-17(13-16(15)2)22-18-7-6-12-23(14-18)21(24)19-8-4-5-9-20(19)25-3/h4-5,8-11,13,18,22H,6-7,12,14H2,1-3H3. The highest BCUT2D eigenvalue weighted by Crippen LogP contribution is 2.23. The van der Waals surface area contributed by atoms with Gasteiger partial charge in [0.2, 0.25) is 0 Å². The second-order valence-electron chi connectivity index (χ2n) is 6.73. The smallest absolute Gasteiger partial charge is 0.257 e. The van der Waals surface area contributed by atoms with E-state index in [4.69, 9.17) is 4.74 Å². The second-order valence-corrected chi connectivity index (χ2v) is 6.73. The Morgan fingerprint density at radius 1 is 1.16 bits per heavy atom. The lowest BCUT2D eigenvalue weighted by atomic mass is 10.0. The number of rotatable bonds is 4. The summed E-state index contributed by atoms with van der Waals surface area (Å²) in [6, 6.07) is 14.1. The summed E-state index contributed by atoms with van der Waals surface area (Å²) in [5, 5.41) is 3.59. The average molecular weight is 338 g/mol. The molecule has 25 heavy (non-hydrogen) atoms. The number of methoxy groups -OCH3 is 1. The summed E-state index contributed by atoms with van der Waals surface area (Å²) in [6.07, 6.45) is 2.08. The molecule has 2 aromatic carbocycles.